The van der Waals surface area contributed by atoms with Crippen molar-refractivity contribution in [3.05, 3.63) is 35.7 Å². The molecule has 2 heterocycles. The predicted octanol–water partition coefficient (Wildman–Crippen LogP) is 2.25. The molecule has 0 saturated heterocycles. The van der Waals surface area contributed by atoms with Gasteiger partial charge in [0, 0.05) is 37.7 Å². The first-order chi connectivity index (χ1) is 8.79. The zero-order chi connectivity index (χ0) is 12.8. The van der Waals surface area contributed by atoms with Crippen LogP contribution in [0.4, 0.5) is 5.95 Å². The van der Waals surface area contributed by atoms with Crippen LogP contribution in [0.2, 0.25) is 5.15 Å². The smallest absolute Gasteiger partial charge is 0.224 e. The van der Waals surface area contributed by atoms with E-state index in [1.807, 2.05) is 12.1 Å². The number of nitrogens with one attached hydrogen (secondary N) is 1. The van der Waals surface area contributed by atoms with E-state index in [9.17, 15) is 0 Å². The summed E-state index contributed by atoms with van der Waals surface area (Å²) in [6.07, 6.45) is 3.42. The van der Waals surface area contributed by atoms with Crippen molar-refractivity contribution in [1.29, 1.82) is 0 Å². The van der Waals surface area contributed by atoms with Crippen molar-refractivity contribution in [3.63, 3.8) is 0 Å². The summed E-state index contributed by atoms with van der Waals surface area (Å²) >= 11 is 5.97. The molecule has 0 fully saturated rings. The highest BCUT2D eigenvalue weighted by molar-refractivity contribution is 6.29. The summed E-state index contributed by atoms with van der Waals surface area (Å²) in [7, 11) is 1.64. The third-order valence-electron chi connectivity index (χ3n) is 2.26. The molecule has 2 aromatic rings. The molecule has 0 radical (unpaired) electrons. The Morgan fingerprint density at radius 3 is 2.78 bits per heavy atom. The molecule has 0 spiro atoms. The van der Waals surface area contributed by atoms with Crippen LogP contribution in [-0.2, 0) is 4.74 Å². The number of hydrogen-bond acceptors (Lipinski definition) is 5. The lowest BCUT2D eigenvalue weighted by Crippen LogP contribution is -2.10. The van der Waals surface area contributed by atoms with Crippen LogP contribution in [0.15, 0.2) is 30.6 Å². The van der Waals surface area contributed by atoms with Crippen molar-refractivity contribution < 1.29 is 4.74 Å². The maximum atomic E-state index is 5.97. The van der Waals surface area contributed by atoms with Crippen LogP contribution in [-0.4, -0.2) is 35.2 Å². The van der Waals surface area contributed by atoms with Gasteiger partial charge in [-0.1, -0.05) is 11.6 Å². The summed E-state index contributed by atoms with van der Waals surface area (Å²) in [6.45, 7) is 1.22. The minimum atomic E-state index is 0.400. The van der Waals surface area contributed by atoms with Gasteiger partial charge in [0.15, 0.2) is 0 Å². The Balaban J connectivity index is 2.21. The summed E-state index contributed by atoms with van der Waals surface area (Å²) in [5.41, 5.74) is 1.71. The van der Waals surface area contributed by atoms with E-state index in [-0.39, 0.29) is 0 Å². The van der Waals surface area contributed by atoms with E-state index >= 15 is 0 Å². The lowest BCUT2D eigenvalue weighted by atomic mass is 10.2. The first-order valence-electron chi connectivity index (χ1n) is 5.47. The Kier molecular flexibility index (Phi) is 4.44. The Labute approximate surface area is 110 Å². The van der Waals surface area contributed by atoms with Gasteiger partial charge in [-0.25, -0.2) is 9.97 Å². The SMILES string of the molecule is COCCNc1nc(Cl)cc(-c2ccncc2)n1. The number of methoxy groups -OCH3 is 1. The largest absolute Gasteiger partial charge is 0.383 e. The summed E-state index contributed by atoms with van der Waals surface area (Å²) in [5.74, 6) is 0.492. The number of ether oxygens (including phenoxy) is 1. The van der Waals surface area contributed by atoms with Crippen LogP contribution >= 0.6 is 11.6 Å². The molecule has 2 aromatic heterocycles. The molecule has 5 nitrogen and oxygen atoms in total. The second-order valence-corrected chi connectivity index (χ2v) is 3.94. The Bertz CT molecular complexity index is 507. The summed E-state index contributed by atoms with van der Waals surface area (Å²) in [4.78, 5) is 12.5. The molecule has 18 heavy (non-hydrogen) atoms. The van der Waals surface area contributed by atoms with Crippen molar-refractivity contribution in [2.75, 3.05) is 25.6 Å². The maximum absolute atomic E-state index is 5.97. The van der Waals surface area contributed by atoms with Crippen LogP contribution in [0, 0.1) is 0 Å². The second kappa shape index (κ2) is 6.28. The van der Waals surface area contributed by atoms with Crippen LogP contribution < -0.4 is 5.32 Å². The van der Waals surface area contributed by atoms with E-state index in [0.717, 1.165) is 11.3 Å². The molecule has 0 aliphatic heterocycles. The fourth-order valence-electron chi connectivity index (χ4n) is 1.43. The lowest BCUT2D eigenvalue weighted by Gasteiger charge is -2.07. The molecule has 0 aliphatic carbocycles. The minimum Gasteiger partial charge on any atom is -0.383 e. The maximum Gasteiger partial charge on any atom is 0.224 e. The first kappa shape index (κ1) is 12.7. The fraction of sp³-hybridized carbons (Fsp3) is 0.250. The van der Waals surface area contributed by atoms with E-state index in [1.165, 1.54) is 0 Å². The summed E-state index contributed by atoms with van der Waals surface area (Å²) < 4.78 is 4.95. The minimum absolute atomic E-state index is 0.400. The average Bonchev–Trinajstić information content (AvgIpc) is 2.39. The second-order valence-electron chi connectivity index (χ2n) is 3.55. The fourth-order valence-corrected chi connectivity index (χ4v) is 1.62. The van der Waals surface area contributed by atoms with E-state index in [1.54, 1.807) is 25.6 Å². The van der Waals surface area contributed by atoms with Gasteiger partial charge in [0.2, 0.25) is 5.95 Å². The third kappa shape index (κ3) is 3.38. The van der Waals surface area contributed by atoms with Crippen molar-refractivity contribution in [2.24, 2.45) is 0 Å². The van der Waals surface area contributed by atoms with Crippen LogP contribution in [0.25, 0.3) is 11.3 Å². The number of aromatic nitrogens is 3. The number of nitrogens with zero attached hydrogens (tertiary/aromatic N) is 3. The van der Waals surface area contributed by atoms with Gasteiger partial charge in [-0.2, -0.15) is 0 Å². The standard InChI is InChI=1S/C12H13ClN4O/c1-18-7-6-15-12-16-10(8-11(13)17-12)9-2-4-14-5-3-9/h2-5,8H,6-7H2,1H3,(H,15,16,17). The van der Waals surface area contributed by atoms with E-state index in [4.69, 9.17) is 16.3 Å². The summed E-state index contributed by atoms with van der Waals surface area (Å²) in [6, 6.07) is 5.47. The van der Waals surface area contributed by atoms with Crippen LogP contribution in [0.3, 0.4) is 0 Å². The number of halogens is 1. The van der Waals surface area contributed by atoms with Gasteiger partial charge in [-0.15, -0.1) is 0 Å². The average molecular weight is 265 g/mol. The van der Waals surface area contributed by atoms with Gasteiger partial charge in [0.05, 0.1) is 12.3 Å². The Morgan fingerprint density at radius 2 is 2.06 bits per heavy atom. The molecule has 2 rings (SSSR count). The molecule has 0 unspecified atom stereocenters. The highest BCUT2D eigenvalue weighted by atomic mass is 35.5. The van der Waals surface area contributed by atoms with Gasteiger partial charge in [0.1, 0.15) is 5.15 Å². The highest BCUT2D eigenvalue weighted by Crippen LogP contribution is 2.20. The van der Waals surface area contributed by atoms with Crippen molar-refractivity contribution in [1.82, 2.24) is 15.0 Å². The molecule has 0 amide bonds. The highest BCUT2D eigenvalue weighted by Gasteiger charge is 2.04. The molecule has 0 aliphatic rings. The number of anilines is 1. The van der Waals surface area contributed by atoms with Crippen molar-refractivity contribution in [2.45, 2.75) is 0 Å². The van der Waals surface area contributed by atoms with Gasteiger partial charge in [0.25, 0.3) is 0 Å². The van der Waals surface area contributed by atoms with Gasteiger partial charge in [-0.3, -0.25) is 4.98 Å². The van der Waals surface area contributed by atoms with Crippen LogP contribution in [0.1, 0.15) is 0 Å². The van der Waals surface area contributed by atoms with E-state index in [2.05, 4.69) is 20.3 Å². The normalized spacial score (nSPS) is 10.3. The molecule has 0 bridgehead atoms. The first-order valence-corrected chi connectivity index (χ1v) is 5.85. The summed E-state index contributed by atoms with van der Waals surface area (Å²) in [5, 5.41) is 3.45. The lowest BCUT2D eigenvalue weighted by molar-refractivity contribution is 0.210. The molecular weight excluding hydrogens is 252 g/mol. The zero-order valence-corrected chi connectivity index (χ0v) is 10.7. The molecule has 94 valence electrons. The third-order valence-corrected chi connectivity index (χ3v) is 2.45. The zero-order valence-electron chi connectivity index (χ0n) is 9.93. The van der Waals surface area contributed by atoms with E-state index < -0.39 is 0 Å². The number of hydrogen-bond donors (Lipinski definition) is 1. The van der Waals surface area contributed by atoms with E-state index in [0.29, 0.717) is 24.3 Å². The molecule has 6 heteroatoms. The van der Waals surface area contributed by atoms with Gasteiger partial charge < -0.3 is 10.1 Å². The predicted molar refractivity (Wildman–Crippen MR) is 70.6 cm³/mol. The monoisotopic (exact) mass is 264 g/mol. The van der Waals surface area contributed by atoms with Crippen LogP contribution in [0.5, 0.6) is 0 Å². The molecule has 1 N–H and O–H groups in total. The Morgan fingerprint density at radius 1 is 1.28 bits per heavy atom. The molecule has 0 aromatic carbocycles. The van der Waals surface area contributed by atoms with Gasteiger partial charge in [-0.05, 0) is 12.1 Å². The quantitative estimate of drug-likeness (QED) is 0.663. The topological polar surface area (TPSA) is 59.9 Å². The molecular formula is C12H13ClN4O. The number of pyridine rings is 1. The van der Waals surface area contributed by atoms with Crippen molar-refractivity contribution >= 4 is 17.5 Å². The Hall–Kier alpha value is -1.72. The number of rotatable bonds is 5. The van der Waals surface area contributed by atoms with Gasteiger partial charge >= 0.3 is 0 Å². The molecule has 0 atom stereocenters. The molecule has 0 saturated carbocycles. The van der Waals surface area contributed by atoms with Crippen molar-refractivity contribution in [3.8, 4) is 11.3 Å².